The van der Waals surface area contributed by atoms with Crippen molar-refractivity contribution < 1.29 is 9.53 Å². The number of hydrogen-bond donors (Lipinski definition) is 1. The number of ether oxygens (including phenoxy) is 1. The Morgan fingerprint density at radius 1 is 1.04 bits per heavy atom. The van der Waals surface area contributed by atoms with E-state index in [4.69, 9.17) is 4.74 Å². The van der Waals surface area contributed by atoms with E-state index in [0.717, 1.165) is 29.7 Å². The quantitative estimate of drug-likeness (QED) is 0.828. The minimum absolute atomic E-state index is 0.0103. The molecular weight excluding hydrogens is 286 g/mol. The van der Waals surface area contributed by atoms with E-state index in [-0.39, 0.29) is 11.9 Å². The standard InChI is InChI=1S/C20H25NO2/c1-4-16-11-9-10-14-19(16)23-15(3)20(22)21-18(5-2)17-12-7-6-8-13-17/h6-15,18H,4-5H2,1-3H3,(H,21,22). The number of para-hydroxylation sites is 1. The lowest BCUT2D eigenvalue weighted by Gasteiger charge is -2.21. The summed E-state index contributed by atoms with van der Waals surface area (Å²) in [6.07, 6.45) is 1.20. The summed E-state index contributed by atoms with van der Waals surface area (Å²) in [4.78, 5) is 12.5. The van der Waals surface area contributed by atoms with Crippen molar-refractivity contribution in [3.8, 4) is 5.75 Å². The molecule has 23 heavy (non-hydrogen) atoms. The molecule has 122 valence electrons. The molecule has 2 aromatic carbocycles. The molecular formula is C20H25NO2. The fraction of sp³-hybridized carbons (Fsp3) is 0.350. The van der Waals surface area contributed by atoms with Gasteiger partial charge in [0.25, 0.3) is 5.91 Å². The number of hydrogen-bond acceptors (Lipinski definition) is 2. The lowest BCUT2D eigenvalue weighted by atomic mass is 10.0. The molecule has 2 aromatic rings. The smallest absolute Gasteiger partial charge is 0.261 e. The minimum Gasteiger partial charge on any atom is -0.481 e. The molecule has 0 aliphatic heterocycles. The first-order valence-corrected chi connectivity index (χ1v) is 8.25. The second-order valence-corrected chi connectivity index (χ2v) is 5.60. The van der Waals surface area contributed by atoms with Crippen LogP contribution >= 0.6 is 0 Å². The SMILES string of the molecule is CCc1ccccc1OC(C)C(=O)NC(CC)c1ccccc1. The van der Waals surface area contributed by atoms with Crippen molar-refractivity contribution in [3.05, 3.63) is 65.7 Å². The summed E-state index contributed by atoms with van der Waals surface area (Å²) >= 11 is 0. The van der Waals surface area contributed by atoms with E-state index in [1.165, 1.54) is 0 Å². The first-order valence-electron chi connectivity index (χ1n) is 8.25. The maximum Gasteiger partial charge on any atom is 0.261 e. The number of carbonyl (C=O) groups excluding carboxylic acids is 1. The van der Waals surface area contributed by atoms with Gasteiger partial charge in [-0.15, -0.1) is 0 Å². The molecule has 2 unspecified atom stereocenters. The summed E-state index contributed by atoms with van der Waals surface area (Å²) in [7, 11) is 0. The molecule has 3 nitrogen and oxygen atoms in total. The molecule has 3 heteroatoms. The molecule has 0 aromatic heterocycles. The number of rotatable bonds is 7. The Kier molecular flexibility index (Phi) is 6.21. The first kappa shape index (κ1) is 17.1. The molecule has 0 heterocycles. The first-order chi connectivity index (χ1) is 11.2. The van der Waals surface area contributed by atoms with E-state index in [1.807, 2.05) is 54.6 Å². The van der Waals surface area contributed by atoms with Gasteiger partial charge in [0.1, 0.15) is 5.75 Å². The summed E-state index contributed by atoms with van der Waals surface area (Å²) in [5, 5.41) is 3.08. The van der Waals surface area contributed by atoms with Crippen molar-refractivity contribution in [2.24, 2.45) is 0 Å². The zero-order chi connectivity index (χ0) is 16.7. The highest BCUT2D eigenvalue weighted by atomic mass is 16.5. The Morgan fingerprint density at radius 2 is 1.70 bits per heavy atom. The highest BCUT2D eigenvalue weighted by Crippen LogP contribution is 2.21. The van der Waals surface area contributed by atoms with Gasteiger partial charge in [0.2, 0.25) is 0 Å². The Balaban J connectivity index is 2.02. The molecule has 0 spiro atoms. The van der Waals surface area contributed by atoms with Crippen LogP contribution in [0.4, 0.5) is 0 Å². The zero-order valence-corrected chi connectivity index (χ0v) is 14.1. The third-order valence-electron chi connectivity index (χ3n) is 3.95. The summed E-state index contributed by atoms with van der Waals surface area (Å²) < 4.78 is 5.87. The third-order valence-corrected chi connectivity index (χ3v) is 3.95. The van der Waals surface area contributed by atoms with E-state index < -0.39 is 6.10 Å². The lowest BCUT2D eigenvalue weighted by Crippen LogP contribution is -2.38. The summed E-state index contributed by atoms with van der Waals surface area (Å²) in [6, 6.07) is 17.9. The summed E-state index contributed by atoms with van der Waals surface area (Å²) in [6.45, 7) is 5.94. The number of carbonyl (C=O) groups is 1. The molecule has 0 aliphatic rings. The van der Waals surface area contributed by atoms with E-state index in [0.29, 0.717) is 0 Å². The molecule has 0 fully saturated rings. The van der Waals surface area contributed by atoms with Gasteiger partial charge in [-0.1, -0.05) is 62.4 Å². The van der Waals surface area contributed by atoms with Gasteiger partial charge in [-0.2, -0.15) is 0 Å². The van der Waals surface area contributed by atoms with Crippen LogP contribution in [0.25, 0.3) is 0 Å². The Labute approximate surface area is 138 Å². The molecule has 2 atom stereocenters. The molecule has 1 N–H and O–H groups in total. The number of nitrogens with one attached hydrogen (secondary N) is 1. The Morgan fingerprint density at radius 3 is 2.35 bits per heavy atom. The van der Waals surface area contributed by atoms with Gasteiger partial charge in [-0.05, 0) is 37.0 Å². The van der Waals surface area contributed by atoms with Crippen molar-refractivity contribution in [2.75, 3.05) is 0 Å². The van der Waals surface area contributed by atoms with Crippen LogP contribution in [0.3, 0.4) is 0 Å². The molecule has 0 saturated carbocycles. The van der Waals surface area contributed by atoms with Gasteiger partial charge in [-0.3, -0.25) is 4.79 Å². The molecule has 0 radical (unpaired) electrons. The van der Waals surface area contributed by atoms with Gasteiger partial charge in [0.05, 0.1) is 6.04 Å². The van der Waals surface area contributed by atoms with Gasteiger partial charge < -0.3 is 10.1 Å². The van der Waals surface area contributed by atoms with Crippen molar-refractivity contribution >= 4 is 5.91 Å². The van der Waals surface area contributed by atoms with Crippen LogP contribution < -0.4 is 10.1 Å². The van der Waals surface area contributed by atoms with Crippen molar-refractivity contribution in [1.29, 1.82) is 0 Å². The Bertz CT molecular complexity index is 625. The van der Waals surface area contributed by atoms with Crippen LogP contribution in [0.2, 0.25) is 0 Å². The van der Waals surface area contributed by atoms with E-state index in [9.17, 15) is 4.79 Å². The molecule has 2 rings (SSSR count). The van der Waals surface area contributed by atoms with Gasteiger partial charge in [0, 0.05) is 0 Å². The summed E-state index contributed by atoms with van der Waals surface area (Å²) in [5.41, 5.74) is 2.23. The zero-order valence-electron chi connectivity index (χ0n) is 14.1. The molecule has 0 aliphatic carbocycles. The maximum atomic E-state index is 12.5. The topological polar surface area (TPSA) is 38.3 Å². The lowest BCUT2D eigenvalue weighted by molar-refractivity contribution is -0.128. The number of amides is 1. The largest absolute Gasteiger partial charge is 0.481 e. The predicted molar refractivity (Wildman–Crippen MR) is 93.5 cm³/mol. The van der Waals surface area contributed by atoms with Crippen molar-refractivity contribution in [3.63, 3.8) is 0 Å². The van der Waals surface area contributed by atoms with Gasteiger partial charge in [-0.25, -0.2) is 0 Å². The monoisotopic (exact) mass is 311 g/mol. The van der Waals surface area contributed by atoms with Crippen molar-refractivity contribution in [2.45, 2.75) is 45.8 Å². The molecule has 0 bridgehead atoms. The highest BCUT2D eigenvalue weighted by molar-refractivity contribution is 5.81. The van der Waals surface area contributed by atoms with E-state index in [2.05, 4.69) is 19.2 Å². The van der Waals surface area contributed by atoms with Crippen LogP contribution in [0.5, 0.6) is 5.75 Å². The van der Waals surface area contributed by atoms with Crippen LogP contribution in [0.15, 0.2) is 54.6 Å². The van der Waals surface area contributed by atoms with Crippen LogP contribution in [0, 0.1) is 0 Å². The maximum absolute atomic E-state index is 12.5. The number of benzene rings is 2. The second-order valence-electron chi connectivity index (χ2n) is 5.60. The fourth-order valence-electron chi connectivity index (χ4n) is 2.55. The van der Waals surface area contributed by atoms with Crippen LogP contribution in [0.1, 0.15) is 44.4 Å². The fourth-order valence-corrected chi connectivity index (χ4v) is 2.55. The van der Waals surface area contributed by atoms with Crippen molar-refractivity contribution in [1.82, 2.24) is 5.32 Å². The van der Waals surface area contributed by atoms with E-state index >= 15 is 0 Å². The predicted octanol–water partition coefficient (Wildman–Crippen LogP) is 4.28. The number of aryl methyl sites for hydroxylation is 1. The third kappa shape index (κ3) is 4.59. The average Bonchev–Trinajstić information content (AvgIpc) is 2.60. The van der Waals surface area contributed by atoms with Crippen LogP contribution in [-0.2, 0) is 11.2 Å². The molecule has 1 amide bonds. The average molecular weight is 311 g/mol. The second kappa shape index (κ2) is 8.37. The minimum atomic E-state index is -0.527. The van der Waals surface area contributed by atoms with E-state index in [1.54, 1.807) is 6.92 Å². The Hall–Kier alpha value is -2.29. The summed E-state index contributed by atoms with van der Waals surface area (Å²) in [5.74, 6) is 0.692. The van der Waals surface area contributed by atoms with Crippen LogP contribution in [-0.4, -0.2) is 12.0 Å². The normalized spacial score (nSPS) is 13.2. The highest BCUT2D eigenvalue weighted by Gasteiger charge is 2.19. The van der Waals surface area contributed by atoms with Gasteiger partial charge in [0.15, 0.2) is 6.10 Å². The van der Waals surface area contributed by atoms with Gasteiger partial charge >= 0.3 is 0 Å². The molecule has 0 saturated heterocycles.